The summed E-state index contributed by atoms with van der Waals surface area (Å²) in [6.45, 7) is 4.50. The number of nitrogens with one attached hydrogen (secondary N) is 1. The highest BCUT2D eigenvalue weighted by Gasteiger charge is 2.28. The summed E-state index contributed by atoms with van der Waals surface area (Å²) in [5.74, 6) is 1.19. The molecule has 1 N–H and O–H groups in total. The minimum absolute atomic E-state index is 0.127. The molecule has 4 nitrogen and oxygen atoms in total. The SMILES string of the molecule is CC1CCCC(C)C1Nc1cc([N+](=O)[O-])ccc1Br. The number of nitro groups is 1. The monoisotopic (exact) mass is 326 g/mol. The molecule has 5 heteroatoms. The van der Waals surface area contributed by atoms with Crippen molar-refractivity contribution in [3.63, 3.8) is 0 Å². The van der Waals surface area contributed by atoms with Crippen molar-refractivity contribution in [2.24, 2.45) is 11.8 Å². The van der Waals surface area contributed by atoms with Crippen LogP contribution in [0.1, 0.15) is 33.1 Å². The Morgan fingerprint density at radius 1 is 1.32 bits per heavy atom. The van der Waals surface area contributed by atoms with Crippen molar-refractivity contribution in [1.29, 1.82) is 0 Å². The summed E-state index contributed by atoms with van der Waals surface area (Å²) >= 11 is 3.46. The maximum absolute atomic E-state index is 10.8. The first-order valence-electron chi connectivity index (χ1n) is 6.69. The minimum atomic E-state index is -0.356. The molecule has 1 fully saturated rings. The van der Waals surface area contributed by atoms with Gasteiger partial charge in [0, 0.05) is 22.6 Å². The lowest BCUT2D eigenvalue weighted by Crippen LogP contribution is -2.37. The van der Waals surface area contributed by atoms with Crippen LogP contribution in [0.25, 0.3) is 0 Å². The second-order valence-corrected chi connectivity index (χ2v) is 6.33. The van der Waals surface area contributed by atoms with E-state index in [0.29, 0.717) is 17.9 Å². The summed E-state index contributed by atoms with van der Waals surface area (Å²) in [6.07, 6.45) is 3.71. The highest BCUT2D eigenvalue weighted by atomic mass is 79.9. The van der Waals surface area contributed by atoms with Gasteiger partial charge in [0.05, 0.1) is 10.6 Å². The van der Waals surface area contributed by atoms with E-state index in [0.717, 1.165) is 10.2 Å². The molecule has 0 radical (unpaired) electrons. The number of hydrogen-bond acceptors (Lipinski definition) is 3. The Bertz CT molecular complexity index is 469. The lowest BCUT2D eigenvalue weighted by Gasteiger charge is -2.36. The van der Waals surface area contributed by atoms with Crippen LogP contribution >= 0.6 is 15.9 Å². The highest BCUT2D eigenvalue weighted by Crippen LogP contribution is 2.34. The molecule has 0 saturated heterocycles. The van der Waals surface area contributed by atoms with Crippen LogP contribution in [-0.4, -0.2) is 11.0 Å². The van der Waals surface area contributed by atoms with Crippen LogP contribution < -0.4 is 5.32 Å². The predicted octanol–water partition coefficient (Wildman–Crippen LogP) is 4.59. The number of halogens is 1. The van der Waals surface area contributed by atoms with Gasteiger partial charge in [-0.2, -0.15) is 0 Å². The number of non-ortho nitro benzene ring substituents is 1. The second-order valence-electron chi connectivity index (χ2n) is 5.48. The topological polar surface area (TPSA) is 55.2 Å². The van der Waals surface area contributed by atoms with Gasteiger partial charge in [-0.1, -0.05) is 20.3 Å². The van der Waals surface area contributed by atoms with Crippen molar-refractivity contribution >= 4 is 27.3 Å². The number of rotatable bonds is 3. The average molecular weight is 327 g/mol. The second kappa shape index (κ2) is 5.90. The van der Waals surface area contributed by atoms with E-state index in [-0.39, 0.29) is 10.6 Å². The molecule has 2 unspecified atom stereocenters. The van der Waals surface area contributed by atoms with Gasteiger partial charge in [-0.25, -0.2) is 0 Å². The van der Waals surface area contributed by atoms with Crippen LogP contribution in [0.3, 0.4) is 0 Å². The van der Waals surface area contributed by atoms with E-state index in [1.807, 2.05) is 0 Å². The fourth-order valence-electron chi connectivity index (χ4n) is 2.88. The summed E-state index contributed by atoms with van der Waals surface area (Å²) < 4.78 is 0.878. The molecule has 0 amide bonds. The Morgan fingerprint density at radius 2 is 1.95 bits per heavy atom. The molecule has 1 saturated carbocycles. The number of hydrogen-bond donors (Lipinski definition) is 1. The highest BCUT2D eigenvalue weighted by molar-refractivity contribution is 9.10. The molecule has 1 aliphatic rings. The van der Waals surface area contributed by atoms with Gasteiger partial charge >= 0.3 is 0 Å². The van der Waals surface area contributed by atoms with Crippen molar-refractivity contribution in [3.8, 4) is 0 Å². The van der Waals surface area contributed by atoms with Gasteiger partial charge in [-0.3, -0.25) is 10.1 Å². The quantitative estimate of drug-likeness (QED) is 0.652. The van der Waals surface area contributed by atoms with Crippen LogP contribution in [0.15, 0.2) is 22.7 Å². The van der Waals surface area contributed by atoms with Gasteiger partial charge in [0.2, 0.25) is 0 Å². The van der Waals surface area contributed by atoms with Gasteiger partial charge in [-0.05, 0) is 46.7 Å². The standard InChI is InChI=1S/C14H19BrN2O2/c1-9-4-3-5-10(2)14(9)16-13-8-11(17(18)19)6-7-12(13)15/h6-10,14,16H,3-5H2,1-2H3. The molecule has 1 aliphatic carbocycles. The van der Waals surface area contributed by atoms with Crippen LogP contribution in [0.4, 0.5) is 11.4 Å². The van der Waals surface area contributed by atoms with Crippen molar-refractivity contribution in [2.45, 2.75) is 39.2 Å². The van der Waals surface area contributed by atoms with Crippen molar-refractivity contribution < 1.29 is 4.92 Å². The van der Waals surface area contributed by atoms with Crippen molar-refractivity contribution in [2.75, 3.05) is 5.32 Å². The Hall–Kier alpha value is -1.10. The van der Waals surface area contributed by atoms with Crippen molar-refractivity contribution in [1.82, 2.24) is 0 Å². The molecule has 0 spiro atoms. The number of benzene rings is 1. The number of anilines is 1. The summed E-state index contributed by atoms with van der Waals surface area (Å²) in [5.41, 5.74) is 0.946. The first-order valence-corrected chi connectivity index (χ1v) is 7.49. The zero-order valence-electron chi connectivity index (χ0n) is 11.2. The minimum Gasteiger partial charge on any atom is -0.381 e. The lowest BCUT2D eigenvalue weighted by molar-refractivity contribution is -0.384. The molecule has 2 rings (SSSR count). The Kier molecular flexibility index (Phi) is 4.45. The van der Waals surface area contributed by atoms with E-state index in [1.54, 1.807) is 12.1 Å². The third kappa shape index (κ3) is 3.26. The van der Waals surface area contributed by atoms with E-state index in [2.05, 4.69) is 35.1 Å². The molecule has 1 aromatic carbocycles. The molecule has 0 heterocycles. The molecule has 2 atom stereocenters. The summed E-state index contributed by atoms with van der Waals surface area (Å²) in [4.78, 5) is 10.5. The molecule has 0 bridgehead atoms. The van der Waals surface area contributed by atoms with Crippen LogP contribution in [0, 0.1) is 22.0 Å². The fraction of sp³-hybridized carbons (Fsp3) is 0.571. The van der Waals surface area contributed by atoms with E-state index in [9.17, 15) is 10.1 Å². The summed E-state index contributed by atoms with van der Waals surface area (Å²) in [6, 6.07) is 5.24. The van der Waals surface area contributed by atoms with Gasteiger partial charge in [0.1, 0.15) is 0 Å². The molecule has 19 heavy (non-hydrogen) atoms. The molecule has 0 aromatic heterocycles. The normalized spacial score (nSPS) is 27.0. The zero-order valence-corrected chi connectivity index (χ0v) is 12.8. The summed E-state index contributed by atoms with van der Waals surface area (Å²) in [5, 5.41) is 14.3. The van der Waals surface area contributed by atoms with Gasteiger partial charge in [-0.15, -0.1) is 0 Å². The summed E-state index contributed by atoms with van der Waals surface area (Å²) in [7, 11) is 0. The fourth-order valence-corrected chi connectivity index (χ4v) is 3.24. The maximum atomic E-state index is 10.8. The zero-order chi connectivity index (χ0) is 14.0. The molecule has 1 aromatic rings. The van der Waals surface area contributed by atoms with Gasteiger partial charge in [0.25, 0.3) is 5.69 Å². The van der Waals surface area contributed by atoms with Crippen LogP contribution in [0.5, 0.6) is 0 Å². The molecule has 0 aliphatic heterocycles. The van der Waals surface area contributed by atoms with E-state index >= 15 is 0 Å². The van der Waals surface area contributed by atoms with Crippen LogP contribution in [-0.2, 0) is 0 Å². The molecular weight excluding hydrogens is 308 g/mol. The average Bonchev–Trinajstić information content (AvgIpc) is 2.35. The van der Waals surface area contributed by atoms with Crippen molar-refractivity contribution in [3.05, 3.63) is 32.8 Å². The van der Waals surface area contributed by atoms with Gasteiger partial charge in [0.15, 0.2) is 0 Å². The van der Waals surface area contributed by atoms with Gasteiger partial charge < -0.3 is 5.32 Å². The first-order chi connectivity index (χ1) is 8.99. The molecule has 104 valence electrons. The van der Waals surface area contributed by atoms with E-state index < -0.39 is 0 Å². The number of nitro benzene ring substituents is 1. The number of nitrogens with zero attached hydrogens (tertiary/aromatic N) is 1. The third-order valence-electron chi connectivity index (χ3n) is 4.03. The Labute approximate surface area is 121 Å². The van der Waals surface area contributed by atoms with E-state index in [1.165, 1.54) is 25.3 Å². The predicted molar refractivity (Wildman–Crippen MR) is 80.4 cm³/mol. The van der Waals surface area contributed by atoms with Crippen LogP contribution in [0.2, 0.25) is 0 Å². The lowest BCUT2D eigenvalue weighted by atomic mass is 9.78. The smallest absolute Gasteiger partial charge is 0.271 e. The van der Waals surface area contributed by atoms with E-state index in [4.69, 9.17) is 0 Å². The largest absolute Gasteiger partial charge is 0.381 e. The third-order valence-corrected chi connectivity index (χ3v) is 4.72. The molecular formula is C14H19BrN2O2. The Balaban J connectivity index is 2.21. The maximum Gasteiger partial charge on any atom is 0.271 e. The Morgan fingerprint density at radius 3 is 2.53 bits per heavy atom. The first kappa shape index (κ1) is 14.3.